The van der Waals surface area contributed by atoms with Crippen LogP contribution in [0.3, 0.4) is 0 Å². The molecule has 1 heterocycles. The number of rotatable bonds is 1. The minimum atomic E-state index is 0.285. The Morgan fingerprint density at radius 1 is 0.944 bits per heavy atom. The molecule has 0 aromatic rings. The molecule has 0 spiro atoms. The van der Waals surface area contributed by atoms with Crippen molar-refractivity contribution >= 4 is 0 Å². The standard InChI is InChI=1S/C15H29N3/c1-15(18-9-13(16)6-14(17)10-18)7-11-3-2-4-12(5-11)8-15/h11-14H,2-10,16-17H2,1H3/t11?,12?,13-,14+,15?. The zero-order valence-corrected chi connectivity index (χ0v) is 11.8. The Balaban J connectivity index is 1.73. The molecule has 3 heteroatoms. The minimum Gasteiger partial charge on any atom is -0.326 e. The average Bonchev–Trinajstić information content (AvgIpc) is 2.26. The second kappa shape index (κ2) is 4.77. The Morgan fingerprint density at radius 3 is 2.06 bits per heavy atom. The first-order valence-electron chi connectivity index (χ1n) is 7.81. The van der Waals surface area contributed by atoms with Gasteiger partial charge in [-0.3, -0.25) is 4.90 Å². The Labute approximate surface area is 111 Å². The van der Waals surface area contributed by atoms with Crippen LogP contribution in [0.1, 0.15) is 51.9 Å². The lowest BCUT2D eigenvalue weighted by molar-refractivity contribution is -0.0168. The molecule has 3 aliphatic rings. The van der Waals surface area contributed by atoms with Gasteiger partial charge in [-0.25, -0.2) is 0 Å². The van der Waals surface area contributed by atoms with Crippen LogP contribution in [0.25, 0.3) is 0 Å². The third-order valence-electron chi connectivity index (χ3n) is 5.63. The monoisotopic (exact) mass is 251 g/mol. The van der Waals surface area contributed by atoms with Crippen molar-refractivity contribution in [2.45, 2.75) is 69.5 Å². The molecule has 2 saturated carbocycles. The van der Waals surface area contributed by atoms with Gasteiger partial charge in [0.2, 0.25) is 0 Å². The Kier molecular flexibility index (Phi) is 3.41. The van der Waals surface area contributed by atoms with Crippen molar-refractivity contribution in [3.8, 4) is 0 Å². The molecule has 4 N–H and O–H groups in total. The Morgan fingerprint density at radius 2 is 1.50 bits per heavy atom. The van der Waals surface area contributed by atoms with E-state index in [0.29, 0.717) is 5.54 Å². The molecule has 3 nitrogen and oxygen atoms in total. The molecule has 2 aliphatic carbocycles. The minimum absolute atomic E-state index is 0.285. The topological polar surface area (TPSA) is 55.3 Å². The fraction of sp³-hybridized carbons (Fsp3) is 1.00. The molecule has 1 saturated heterocycles. The van der Waals surface area contributed by atoms with Crippen LogP contribution in [-0.4, -0.2) is 35.6 Å². The van der Waals surface area contributed by atoms with Gasteiger partial charge >= 0.3 is 0 Å². The number of nitrogens with zero attached hydrogens (tertiary/aromatic N) is 1. The summed E-state index contributed by atoms with van der Waals surface area (Å²) < 4.78 is 0. The van der Waals surface area contributed by atoms with E-state index in [-0.39, 0.29) is 12.1 Å². The lowest BCUT2D eigenvalue weighted by atomic mass is 9.64. The summed E-state index contributed by atoms with van der Waals surface area (Å²) in [6.07, 6.45) is 9.62. The molecule has 3 rings (SSSR count). The molecule has 0 amide bonds. The smallest absolute Gasteiger partial charge is 0.0188 e. The molecular weight excluding hydrogens is 222 g/mol. The molecule has 0 aromatic carbocycles. The Hall–Kier alpha value is -0.120. The van der Waals surface area contributed by atoms with Crippen molar-refractivity contribution in [2.24, 2.45) is 23.3 Å². The fourth-order valence-corrected chi connectivity index (χ4v) is 4.98. The summed E-state index contributed by atoms with van der Waals surface area (Å²) in [5, 5.41) is 0. The van der Waals surface area contributed by atoms with Crippen molar-refractivity contribution in [1.29, 1.82) is 0 Å². The lowest BCUT2D eigenvalue weighted by Gasteiger charge is -2.53. The van der Waals surface area contributed by atoms with Crippen molar-refractivity contribution in [3.63, 3.8) is 0 Å². The van der Waals surface area contributed by atoms with Crippen LogP contribution in [0.4, 0.5) is 0 Å². The largest absolute Gasteiger partial charge is 0.326 e. The van der Waals surface area contributed by atoms with Gasteiger partial charge < -0.3 is 11.5 Å². The zero-order chi connectivity index (χ0) is 12.8. The quantitative estimate of drug-likeness (QED) is 0.746. The summed E-state index contributed by atoms with van der Waals surface area (Å²) in [4.78, 5) is 2.64. The third kappa shape index (κ3) is 2.45. The maximum absolute atomic E-state index is 6.18. The van der Waals surface area contributed by atoms with Crippen LogP contribution < -0.4 is 11.5 Å². The van der Waals surface area contributed by atoms with Crippen molar-refractivity contribution < 1.29 is 0 Å². The van der Waals surface area contributed by atoms with E-state index >= 15 is 0 Å². The van der Waals surface area contributed by atoms with E-state index in [1.165, 1.54) is 38.5 Å². The van der Waals surface area contributed by atoms with Crippen LogP contribution in [0, 0.1) is 11.8 Å². The van der Waals surface area contributed by atoms with E-state index < -0.39 is 0 Å². The van der Waals surface area contributed by atoms with Gasteiger partial charge in [-0.2, -0.15) is 0 Å². The predicted molar refractivity (Wildman–Crippen MR) is 75.2 cm³/mol. The highest BCUT2D eigenvalue weighted by molar-refractivity contribution is 5.00. The second-order valence-electron chi connectivity index (χ2n) is 7.46. The van der Waals surface area contributed by atoms with E-state index in [4.69, 9.17) is 11.5 Å². The molecule has 2 bridgehead atoms. The van der Waals surface area contributed by atoms with Gasteiger partial charge in [-0.1, -0.05) is 19.3 Å². The number of fused-ring (bicyclic) bond motifs is 2. The molecule has 0 aromatic heterocycles. The summed E-state index contributed by atoms with van der Waals surface area (Å²) in [5.74, 6) is 1.94. The normalized spacial score (nSPS) is 50.2. The van der Waals surface area contributed by atoms with Gasteiger partial charge in [0.25, 0.3) is 0 Å². The van der Waals surface area contributed by atoms with Crippen LogP contribution >= 0.6 is 0 Å². The van der Waals surface area contributed by atoms with Gasteiger partial charge in [0.15, 0.2) is 0 Å². The van der Waals surface area contributed by atoms with Gasteiger partial charge in [-0.05, 0) is 44.4 Å². The highest BCUT2D eigenvalue weighted by Gasteiger charge is 2.44. The van der Waals surface area contributed by atoms with E-state index in [0.717, 1.165) is 31.3 Å². The summed E-state index contributed by atoms with van der Waals surface area (Å²) in [7, 11) is 0. The van der Waals surface area contributed by atoms with Crippen molar-refractivity contribution in [2.75, 3.05) is 13.1 Å². The molecule has 0 radical (unpaired) electrons. The van der Waals surface area contributed by atoms with Crippen LogP contribution in [0.5, 0.6) is 0 Å². The lowest BCUT2D eigenvalue weighted by Crippen LogP contribution is -2.61. The molecule has 2 unspecified atom stereocenters. The fourth-order valence-electron chi connectivity index (χ4n) is 4.98. The molecule has 4 atom stereocenters. The summed E-state index contributed by atoms with van der Waals surface area (Å²) in [6, 6.07) is 0.569. The van der Waals surface area contributed by atoms with Crippen molar-refractivity contribution in [3.05, 3.63) is 0 Å². The van der Waals surface area contributed by atoms with Gasteiger partial charge in [0.1, 0.15) is 0 Å². The summed E-state index contributed by atoms with van der Waals surface area (Å²) >= 11 is 0. The molecule has 104 valence electrons. The highest BCUT2D eigenvalue weighted by Crippen LogP contribution is 2.47. The van der Waals surface area contributed by atoms with Crippen LogP contribution in [-0.2, 0) is 0 Å². The number of hydrogen-bond donors (Lipinski definition) is 2. The Bertz CT molecular complexity index is 282. The molecule has 18 heavy (non-hydrogen) atoms. The third-order valence-corrected chi connectivity index (χ3v) is 5.63. The second-order valence-corrected chi connectivity index (χ2v) is 7.46. The number of likely N-dealkylation sites (tertiary alicyclic amines) is 1. The number of hydrogen-bond acceptors (Lipinski definition) is 3. The SMILES string of the molecule is CC1(N2C[C@H](N)C[C@H](N)C2)CC2CCCC(C2)C1. The first-order valence-corrected chi connectivity index (χ1v) is 7.81. The molecular formula is C15H29N3. The number of piperidine rings is 1. The predicted octanol–water partition coefficient (Wildman–Crippen LogP) is 1.71. The van der Waals surface area contributed by atoms with Gasteiger partial charge in [-0.15, -0.1) is 0 Å². The average molecular weight is 251 g/mol. The van der Waals surface area contributed by atoms with E-state index in [9.17, 15) is 0 Å². The van der Waals surface area contributed by atoms with Gasteiger partial charge in [0.05, 0.1) is 0 Å². The molecule has 3 fully saturated rings. The summed E-state index contributed by atoms with van der Waals surface area (Å²) in [5.41, 5.74) is 12.7. The maximum atomic E-state index is 6.18. The first kappa shape index (κ1) is 12.9. The van der Waals surface area contributed by atoms with E-state index in [1.807, 2.05) is 0 Å². The molecule has 1 aliphatic heterocycles. The highest BCUT2D eigenvalue weighted by atomic mass is 15.2. The summed E-state index contributed by atoms with van der Waals surface area (Å²) in [6.45, 7) is 4.59. The van der Waals surface area contributed by atoms with E-state index in [1.54, 1.807) is 0 Å². The van der Waals surface area contributed by atoms with Crippen molar-refractivity contribution in [1.82, 2.24) is 4.90 Å². The van der Waals surface area contributed by atoms with Crippen LogP contribution in [0.2, 0.25) is 0 Å². The first-order chi connectivity index (χ1) is 8.55. The van der Waals surface area contributed by atoms with E-state index in [2.05, 4.69) is 11.8 Å². The maximum Gasteiger partial charge on any atom is 0.0188 e. The van der Waals surface area contributed by atoms with Crippen LogP contribution in [0.15, 0.2) is 0 Å². The zero-order valence-electron chi connectivity index (χ0n) is 11.8. The van der Waals surface area contributed by atoms with Gasteiger partial charge in [0, 0.05) is 30.7 Å². The number of nitrogens with two attached hydrogens (primary N) is 2.